The van der Waals surface area contributed by atoms with Gasteiger partial charge in [0.1, 0.15) is 0 Å². The summed E-state index contributed by atoms with van der Waals surface area (Å²) in [4.78, 5) is 16.1. The van der Waals surface area contributed by atoms with Gasteiger partial charge in [0, 0.05) is 49.3 Å². The van der Waals surface area contributed by atoms with E-state index in [2.05, 4.69) is 223 Å². The zero-order valence-corrected chi connectivity index (χ0v) is 35.1. The van der Waals surface area contributed by atoms with Crippen LogP contribution in [0.3, 0.4) is 0 Å². The van der Waals surface area contributed by atoms with E-state index in [1.165, 1.54) is 48.5 Å². The normalized spacial score (nSPS) is 12.0. The first-order chi connectivity index (χ1) is 32.2. The van der Waals surface area contributed by atoms with E-state index in [1.807, 2.05) is 0 Å². The highest BCUT2D eigenvalue weighted by Crippen LogP contribution is 2.43. The average molecular weight is 825 g/mol. The van der Waals surface area contributed by atoms with E-state index in [1.54, 1.807) is 0 Å². The lowest BCUT2D eigenvalue weighted by atomic mass is 9.90. The minimum Gasteiger partial charge on any atom is -0.307 e. The zero-order valence-electron chi connectivity index (χ0n) is 35.1. The second-order valence-electron chi connectivity index (χ2n) is 17.1. The van der Waals surface area contributed by atoms with Crippen LogP contribution in [-0.4, -0.2) is 19.5 Å². The van der Waals surface area contributed by atoms with Gasteiger partial charge in [0.05, 0.1) is 33.5 Å². The number of rotatable bonds is 5. The van der Waals surface area contributed by atoms with Gasteiger partial charge in [-0.3, -0.25) is 0 Å². The second-order valence-corrected chi connectivity index (χ2v) is 17.1. The van der Waals surface area contributed by atoms with Gasteiger partial charge in [-0.15, -0.1) is 0 Å². The molecule has 0 unspecified atom stereocenters. The maximum Gasteiger partial charge on any atom is 0.160 e. The Labute approximate surface area is 373 Å². The Morgan fingerprint density at radius 1 is 0.323 bits per heavy atom. The van der Waals surface area contributed by atoms with Crippen molar-refractivity contribution in [2.24, 2.45) is 0 Å². The summed E-state index contributed by atoms with van der Waals surface area (Å²) in [6, 6.07) is 78.4. The fraction of sp³-hybridized carbons (Fsp3) is 0. The summed E-state index contributed by atoms with van der Waals surface area (Å²) < 4.78 is 2.39. The number of para-hydroxylation sites is 2. The van der Waals surface area contributed by atoms with Crippen molar-refractivity contribution < 1.29 is 0 Å². The molecule has 0 radical (unpaired) electrons. The first-order valence-corrected chi connectivity index (χ1v) is 22.2. The van der Waals surface area contributed by atoms with Crippen molar-refractivity contribution in [3.63, 3.8) is 0 Å². The molecule has 300 valence electrons. The highest BCUT2D eigenvalue weighted by Gasteiger charge is 2.21. The molecule has 0 saturated heterocycles. The Morgan fingerprint density at radius 2 is 0.954 bits per heavy atom. The summed E-state index contributed by atoms with van der Waals surface area (Å²) in [7, 11) is 0. The minimum absolute atomic E-state index is 0.708. The average Bonchev–Trinajstić information content (AvgIpc) is 3.72. The molecule has 0 amide bonds. The molecule has 0 aliphatic heterocycles. The van der Waals surface area contributed by atoms with Gasteiger partial charge >= 0.3 is 0 Å². The topological polar surface area (TPSA) is 43.6 Å². The largest absolute Gasteiger partial charge is 0.307 e. The number of hydrogen-bond acceptors (Lipinski definition) is 3. The van der Waals surface area contributed by atoms with Gasteiger partial charge in [-0.2, -0.15) is 0 Å². The molecule has 0 N–H and O–H groups in total. The Morgan fingerprint density at radius 3 is 1.77 bits per heavy atom. The molecule has 14 rings (SSSR count). The van der Waals surface area contributed by atoms with Gasteiger partial charge < -0.3 is 4.57 Å². The molecule has 4 heteroatoms. The van der Waals surface area contributed by atoms with Gasteiger partial charge in [-0.05, 0) is 79.2 Å². The van der Waals surface area contributed by atoms with Crippen LogP contribution in [0, 0.1) is 0 Å². The zero-order chi connectivity index (χ0) is 42.6. The van der Waals surface area contributed by atoms with Gasteiger partial charge in [0.2, 0.25) is 0 Å². The van der Waals surface area contributed by atoms with Crippen LogP contribution in [0.1, 0.15) is 0 Å². The minimum atomic E-state index is 0.708. The molecule has 0 bridgehead atoms. The van der Waals surface area contributed by atoms with E-state index in [0.29, 0.717) is 5.82 Å². The van der Waals surface area contributed by atoms with E-state index in [0.717, 1.165) is 83.1 Å². The Balaban J connectivity index is 0.922. The third kappa shape index (κ3) is 5.41. The molecule has 11 aromatic carbocycles. The monoisotopic (exact) mass is 824 g/mol. The molecule has 0 fully saturated rings. The van der Waals surface area contributed by atoms with Crippen LogP contribution in [0.4, 0.5) is 0 Å². The standard InChI is InChI=1S/C61H36N4/c1-3-12-41(13-4-1)57-47-19-8-7-18-45(47)48-33-34-50-52-36-43(30-35-54(52)65(60(50)59(48)63-57)44-16-5-2-6-17-44)37-22-26-42(27-23-37)61-62-53-21-10-9-20-51(53)58(64-61)49-32-29-40-25-24-38-14-11-15-39-28-31-46(49)56(40)55(38)39/h1-36H. The van der Waals surface area contributed by atoms with Gasteiger partial charge in [0.15, 0.2) is 5.82 Å². The van der Waals surface area contributed by atoms with Crippen molar-refractivity contribution in [1.82, 2.24) is 19.5 Å². The van der Waals surface area contributed by atoms with E-state index < -0.39 is 0 Å². The summed E-state index contributed by atoms with van der Waals surface area (Å²) in [6.07, 6.45) is 0. The van der Waals surface area contributed by atoms with Crippen LogP contribution in [0.25, 0.3) is 137 Å². The van der Waals surface area contributed by atoms with Crippen LogP contribution in [0.5, 0.6) is 0 Å². The number of nitrogens with zero attached hydrogens (tertiary/aromatic N) is 4. The first-order valence-electron chi connectivity index (χ1n) is 22.2. The second kappa shape index (κ2) is 13.9. The fourth-order valence-corrected chi connectivity index (χ4v) is 10.5. The van der Waals surface area contributed by atoms with Gasteiger partial charge in [0.25, 0.3) is 0 Å². The number of fused-ring (bicyclic) bond motifs is 8. The Hall–Kier alpha value is -8.73. The van der Waals surface area contributed by atoms with E-state index in [4.69, 9.17) is 15.0 Å². The Bertz CT molecular complexity index is 4190. The van der Waals surface area contributed by atoms with Crippen molar-refractivity contribution >= 4 is 86.7 Å². The lowest BCUT2D eigenvalue weighted by Gasteiger charge is -2.15. The van der Waals surface area contributed by atoms with E-state index in [-0.39, 0.29) is 0 Å². The van der Waals surface area contributed by atoms with Crippen LogP contribution < -0.4 is 0 Å². The molecule has 3 aromatic heterocycles. The van der Waals surface area contributed by atoms with Crippen LogP contribution >= 0.6 is 0 Å². The molecular weight excluding hydrogens is 789 g/mol. The van der Waals surface area contributed by atoms with Crippen LogP contribution in [-0.2, 0) is 0 Å². The fourth-order valence-electron chi connectivity index (χ4n) is 10.5. The smallest absolute Gasteiger partial charge is 0.160 e. The first kappa shape index (κ1) is 35.8. The molecule has 65 heavy (non-hydrogen) atoms. The molecular formula is C61H36N4. The number of hydrogen-bond donors (Lipinski definition) is 0. The van der Waals surface area contributed by atoms with Crippen molar-refractivity contribution in [3.8, 4) is 50.7 Å². The SMILES string of the molecule is c1ccc(-c2nc3c(ccc4c5cc(-c6ccc(-c7nc(-c8ccc9ccc%10cccc%11ccc8c9c%10%11)c8ccccc8n7)cc6)ccc5n(-c5ccccc5)c43)c3ccccc23)cc1. The van der Waals surface area contributed by atoms with Crippen molar-refractivity contribution in [1.29, 1.82) is 0 Å². The third-order valence-corrected chi connectivity index (χ3v) is 13.5. The van der Waals surface area contributed by atoms with E-state index in [9.17, 15) is 0 Å². The molecule has 14 aromatic rings. The van der Waals surface area contributed by atoms with Crippen molar-refractivity contribution in [2.75, 3.05) is 0 Å². The molecule has 0 spiro atoms. The van der Waals surface area contributed by atoms with Crippen molar-refractivity contribution in [2.45, 2.75) is 0 Å². The summed E-state index contributed by atoms with van der Waals surface area (Å²) in [5, 5.41) is 14.4. The predicted octanol–water partition coefficient (Wildman–Crippen LogP) is 16.0. The number of pyridine rings is 1. The highest BCUT2D eigenvalue weighted by molar-refractivity contribution is 6.26. The van der Waals surface area contributed by atoms with Gasteiger partial charge in [-0.25, -0.2) is 15.0 Å². The summed E-state index contributed by atoms with van der Waals surface area (Å²) in [5.41, 5.74) is 12.6. The van der Waals surface area contributed by atoms with Crippen LogP contribution in [0.2, 0.25) is 0 Å². The summed E-state index contributed by atoms with van der Waals surface area (Å²) in [5.74, 6) is 0.708. The molecule has 4 nitrogen and oxygen atoms in total. The summed E-state index contributed by atoms with van der Waals surface area (Å²) >= 11 is 0. The van der Waals surface area contributed by atoms with Crippen LogP contribution in [0.15, 0.2) is 218 Å². The van der Waals surface area contributed by atoms with E-state index >= 15 is 0 Å². The maximum atomic E-state index is 5.55. The number of benzene rings is 11. The predicted molar refractivity (Wildman–Crippen MR) is 272 cm³/mol. The lowest BCUT2D eigenvalue weighted by Crippen LogP contribution is -1.96. The molecule has 0 aliphatic rings. The van der Waals surface area contributed by atoms with Crippen molar-refractivity contribution in [3.05, 3.63) is 218 Å². The van der Waals surface area contributed by atoms with Gasteiger partial charge in [-0.1, -0.05) is 188 Å². The highest BCUT2D eigenvalue weighted by atomic mass is 15.0. The molecule has 3 heterocycles. The quantitative estimate of drug-likeness (QED) is 0.162. The summed E-state index contributed by atoms with van der Waals surface area (Å²) in [6.45, 7) is 0. The molecule has 0 aliphatic carbocycles. The maximum absolute atomic E-state index is 5.55. The Kier molecular flexibility index (Phi) is 7.65. The molecule has 0 atom stereocenters. The number of aromatic nitrogens is 4. The lowest BCUT2D eigenvalue weighted by molar-refractivity contribution is 1.18. The third-order valence-electron chi connectivity index (χ3n) is 13.5. The molecule has 0 saturated carbocycles.